The second-order valence-electron chi connectivity index (χ2n) is 3.92. The van der Waals surface area contributed by atoms with Crippen LogP contribution in [-0.4, -0.2) is 14.2 Å². The van der Waals surface area contributed by atoms with Gasteiger partial charge in [0.15, 0.2) is 0 Å². The molecular formula is C12H10N4OS. The number of benzene rings is 1. The van der Waals surface area contributed by atoms with Crippen LogP contribution in [0.25, 0.3) is 10.8 Å². The van der Waals surface area contributed by atoms with Crippen LogP contribution in [-0.2, 0) is 6.54 Å². The summed E-state index contributed by atoms with van der Waals surface area (Å²) in [6.07, 6.45) is 1.75. The zero-order chi connectivity index (χ0) is 12.5. The van der Waals surface area contributed by atoms with Crippen LogP contribution in [0.5, 0.6) is 0 Å². The number of nitrogens with zero attached hydrogens (tertiary/aromatic N) is 3. The number of fused-ring (bicyclic) bond motifs is 1. The smallest absolute Gasteiger partial charge is 0.258 e. The van der Waals surface area contributed by atoms with Gasteiger partial charge in [0.25, 0.3) is 5.56 Å². The van der Waals surface area contributed by atoms with Gasteiger partial charge in [-0.25, -0.2) is 0 Å². The van der Waals surface area contributed by atoms with Crippen LogP contribution in [0.15, 0.2) is 41.3 Å². The van der Waals surface area contributed by atoms with Gasteiger partial charge in [0, 0.05) is 23.1 Å². The van der Waals surface area contributed by atoms with Gasteiger partial charge in [-0.1, -0.05) is 22.7 Å². The zero-order valence-electron chi connectivity index (χ0n) is 9.41. The summed E-state index contributed by atoms with van der Waals surface area (Å²) >= 11 is 1.13. The second-order valence-corrected chi connectivity index (χ2v) is 4.71. The van der Waals surface area contributed by atoms with Crippen LogP contribution in [0.1, 0.15) is 5.69 Å². The quantitative estimate of drug-likeness (QED) is 0.755. The van der Waals surface area contributed by atoms with Crippen molar-refractivity contribution in [2.75, 3.05) is 5.73 Å². The third-order valence-electron chi connectivity index (χ3n) is 2.79. The van der Waals surface area contributed by atoms with E-state index in [4.69, 9.17) is 5.73 Å². The number of nitrogen functional groups attached to an aromatic ring is 1. The molecule has 0 atom stereocenters. The highest BCUT2D eigenvalue weighted by Gasteiger charge is 2.07. The number of anilines is 1. The highest BCUT2D eigenvalue weighted by atomic mass is 32.1. The van der Waals surface area contributed by atoms with Crippen molar-refractivity contribution in [1.82, 2.24) is 14.2 Å². The van der Waals surface area contributed by atoms with Crippen molar-refractivity contribution < 1.29 is 0 Å². The second kappa shape index (κ2) is 4.23. The molecule has 18 heavy (non-hydrogen) atoms. The van der Waals surface area contributed by atoms with Gasteiger partial charge < -0.3 is 10.3 Å². The van der Waals surface area contributed by atoms with Crippen LogP contribution in [0.4, 0.5) is 5.00 Å². The lowest BCUT2D eigenvalue weighted by atomic mass is 10.2. The predicted molar refractivity (Wildman–Crippen MR) is 71.6 cm³/mol. The molecule has 3 rings (SSSR count). The summed E-state index contributed by atoms with van der Waals surface area (Å²) in [7, 11) is 0. The molecule has 3 aromatic rings. The Morgan fingerprint density at radius 1 is 1.28 bits per heavy atom. The number of hydrogen-bond acceptors (Lipinski definition) is 5. The van der Waals surface area contributed by atoms with E-state index in [1.807, 2.05) is 30.3 Å². The molecule has 0 aliphatic rings. The Labute approximate surface area is 107 Å². The Morgan fingerprint density at radius 2 is 2.11 bits per heavy atom. The maximum atomic E-state index is 12.2. The van der Waals surface area contributed by atoms with E-state index in [1.165, 1.54) is 0 Å². The number of pyridine rings is 1. The van der Waals surface area contributed by atoms with Gasteiger partial charge in [-0.2, -0.15) is 0 Å². The van der Waals surface area contributed by atoms with Gasteiger partial charge in [0.05, 0.1) is 6.54 Å². The molecule has 0 saturated carbocycles. The predicted octanol–water partition coefficient (Wildman–Crippen LogP) is 1.48. The van der Waals surface area contributed by atoms with Gasteiger partial charge >= 0.3 is 0 Å². The molecule has 1 aromatic carbocycles. The van der Waals surface area contributed by atoms with E-state index < -0.39 is 0 Å². The number of aromatic nitrogens is 3. The Bertz CT molecular complexity index is 762. The molecule has 90 valence electrons. The van der Waals surface area contributed by atoms with Crippen molar-refractivity contribution in [3.63, 3.8) is 0 Å². The van der Waals surface area contributed by atoms with E-state index in [9.17, 15) is 4.79 Å². The van der Waals surface area contributed by atoms with Crippen LogP contribution >= 0.6 is 11.5 Å². The molecule has 5 nitrogen and oxygen atoms in total. The average molecular weight is 258 g/mol. The van der Waals surface area contributed by atoms with Crippen molar-refractivity contribution in [1.29, 1.82) is 0 Å². The summed E-state index contributed by atoms with van der Waals surface area (Å²) in [6.45, 7) is 0.353. The molecule has 0 radical (unpaired) electrons. The van der Waals surface area contributed by atoms with E-state index in [-0.39, 0.29) is 5.56 Å². The lowest BCUT2D eigenvalue weighted by Crippen LogP contribution is -2.20. The Kier molecular flexibility index (Phi) is 2.56. The molecule has 2 N–H and O–H groups in total. The fraction of sp³-hybridized carbons (Fsp3) is 0.0833. The van der Waals surface area contributed by atoms with Gasteiger partial charge in [-0.15, -0.1) is 5.10 Å². The zero-order valence-corrected chi connectivity index (χ0v) is 10.2. The van der Waals surface area contributed by atoms with Gasteiger partial charge in [0.2, 0.25) is 0 Å². The average Bonchev–Trinajstić information content (AvgIpc) is 2.79. The van der Waals surface area contributed by atoms with E-state index in [2.05, 4.69) is 9.59 Å². The summed E-state index contributed by atoms with van der Waals surface area (Å²) < 4.78 is 5.35. The third-order valence-corrected chi connectivity index (χ3v) is 3.39. The molecule has 2 heterocycles. The van der Waals surface area contributed by atoms with Gasteiger partial charge in [-0.05, 0) is 17.5 Å². The summed E-state index contributed by atoms with van der Waals surface area (Å²) in [6, 6.07) is 9.41. The Morgan fingerprint density at radius 3 is 2.89 bits per heavy atom. The fourth-order valence-corrected chi connectivity index (χ4v) is 2.28. The first-order valence-electron chi connectivity index (χ1n) is 5.40. The molecule has 0 amide bonds. The molecule has 2 aromatic heterocycles. The Balaban J connectivity index is 2.11. The summed E-state index contributed by atoms with van der Waals surface area (Å²) in [5.74, 6) is 0. The molecular weight excluding hydrogens is 248 g/mol. The molecule has 6 heteroatoms. The molecule has 0 bridgehead atoms. The first kappa shape index (κ1) is 10.9. The van der Waals surface area contributed by atoms with E-state index >= 15 is 0 Å². The summed E-state index contributed by atoms with van der Waals surface area (Å²) in [5.41, 5.74) is 6.32. The first-order chi connectivity index (χ1) is 8.75. The maximum absolute atomic E-state index is 12.2. The lowest BCUT2D eigenvalue weighted by Gasteiger charge is -2.05. The highest BCUT2D eigenvalue weighted by molar-refractivity contribution is 7.09. The standard InChI is InChI=1S/C12H10N4OS/c13-11-10(14-15-18-11)7-16-6-5-8-3-1-2-4-9(8)12(16)17/h1-6H,7,13H2. The molecule has 0 aliphatic carbocycles. The van der Waals surface area contributed by atoms with Crippen molar-refractivity contribution >= 4 is 27.3 Å². The van der Waals surface area contributed by atoms with E-state index in [0.717, 1.165) is 16.9 Å². The summed E-state index contributed by atoms with van der Waals surface area (Å²) in [5, 5.41) is 6.10. The highest BCUT2D eigenvalue weighted by Crippen LogP contribution is 2.14. The first-order valence-corrected chi connectivity index (χ1v) is 6.18. The van der Waals surface area contributed by atoms with Crippen LogP contribution < -0.4 is 11.3 Å². The van der Waals surface area contributed by atoms with Crippen molar-refractivity contribution in [3.05, 3.63) is 52.6 Å². The molecule has 0 saturated heterocycles. The monoisotopic (exact) mass is 258 g/mol. The van der Waals surface area contributed by atoms with E-state index in [0.29, 0.717) is 22.6 Å². The number of nitrogens with two attached hydrogens (primary N) is 1. The van der Waals surface area contributed by atoms with E-state index in [1.54, 1.807) is 10.8 Å². The minimum absolute atomic E-state index is 0.0412. The molecule has 0 fully saturated rings. The maximum Gasteiger partial charge on any atom is 0.258 e. The van der Waals surface area contributed by atoms with Crippen LogP contribution in [0, 0.1) is 0 Å². The number of rotatable bonds is 2. The Hall–Kier alpha value is -2.21. The molecule has 0 aliphatic heterocycles. The SMILES string of the molecule is Nc1snnc1Cn1ccc2ccccc2c1=O. The van der Waals surface area contributed by atoms with Crippen molar-refractivity contribution in [2.24, 2.45) is 0 Å². The van der Waals surface area contributed by atoms with Crippen LogP contribution in [0.3, 0.4) is 0 Å². The normalized spacial score (nSPS) is 10.9. The van der Waals surface area contributed by atoms with Gasteiger partial charge in [0.1, 0.15) is 10.7 Å². The fourth-order valence-electron chi connectivity index (χ4n) is 1.84. The topological polar surface area (TPSA) is 73.8 Å². The van der Waals surface area contributed by atoms with Gasteiger partial charge in [-0.3, -0.25) is 4.79 Å². The molecule has 0 spiro atoms. The minimum Gasteiger partial charge on any atom is -0.388 e. The molecule has 0 unspecified atom stereocenters. The number of hydrogen-bond donors (Lipinski definition) is 1. The summed E-state index contributed by atoms with van der Waals surface area (Å²) in [4.78, 5) is 12.2. The van der Waals surface area contributed by atoms with Crippen molar-refractivity contribution in [3.8, 4) is 0 Å². The lowest BCUT2D eigenvalue weighted by molar-refractivity contribution is 0.744. The van der Waals surface area contributed by atoms with Crippen molar-refractivity contribution in [2.45, 2.75) is 6.54 Å². The van der Waals surface area contributed by atoms with Crippen LogP contribution in [0.2, 0.25) is 0 Å². The third kappa shape index (κ3) is 1.76. The minimum atomic E-state index is -0.0412. The largest absolute Gasteiger partial charge is 0.388 e.